The van der Waals surface area contributed by atoms with E-state index in [1.54, 1.807) is 36.4 Å². The molecule has 0 spiro atoms. The van der Waals surface area contributed by atoms with Crippen molar-refractivity contribution in [2.45, 2.75) is 6.92 Å². The van der Waals surface area contributed by atoms with Crippen LogP contribution < -0.4 is 5.32 Å². The number of rotatable bonds is 5. The molecule has 3 amide bonds. The van der Waals surface area contributed by atoms with Gasteiger partial charge in [-0.3, -0.25) is 19.3 Å². The Morgan fingerprint density at radius 1 is 1.13 bits per heavy atom. The van der Waals surface area contributed by atoms with Gasteiger partial charge in [-0.1, -0.05) is 35.9 Å². The number of furan rings is 1. The van der Waals surface area contributed by atoms with Gasteiger partial charge in [-0.25, -0.2) is 0 Å². The number of carbonyl (C=O) groups is 3. The number of nitrogens with one attached hydrogen (secondary N) is 1. The van der Waals surface area contributed by atoms with Gasteiger partial charge < -0.3 is 9.73 Å². The topological polar surface area (TPSA) is 79.6 Å². The summed E-state index contributed by atoms with van der Waals surface area (Å²) in [4.78, 5) is 38.4. The van der Waals surface area contributed by atoms with E-state index in [1.165, 1.54) is 6.08 Å². The normalized spacial score (nSPS) is 15.0. The fourth-order valence-electron chi connectivity index (χ4n) is 3.06. The standard InChI is InChI=1S/C23H17ClN2O4S/c1-14-4-2-7-17(10-14)25-21(27)13-26-22(28)20(31-23(26)29)12-18-8-9-19(30-18)15-5-3-6-16(24)11-15/h2-12H,13H2,1H3,(H,25,27)/b20-12+. The zero-order chi connectivity index (χ0) is 22.0. The molecule has 156 valence electrons. The maximum Gasteiger partial charge on any atom is 0.294 e. The minimum Gasteiger partial charge on any atom is -0.457 e. The van der Waals surface area contributed by atoms with Gasteiger partial charge >= 0.3 is 0 Å². The molecule has 1 aliphatic heterocycles. The number of thioether (sulfide) groups is 1. The first kappa shape index (κ1) is 21.0. The van der Waals surface area contributed by atoms with Crippen LogP contribution in [0.25, 0.3) is 17.4 Å². The van der Waals surface area contributed by atoms with Crippen molar-refractivity contribution < 1.29 is 18.8 Å². The number of carbonyl (C=O) groups excluding carboxylic acids is 3. The number of hydrogen-bond donors (Lipinski definition) is 1. The zero-order valence-electron chi connectivity index (χ0n) is 16.4. The van der Waals surface area contributed by atoms with E-state index >= 15 is 0 Å². The molecule has 4 rings (SSSR count). The second kappa shape index (κ2) is 8.83. The largest absolute Gasteiger partial charge is 0.457 e. The molecule has 1 fully saturated rings. The molecule has 6 nitrogen and oxygen atoms in total. The Balaban J connectivity index is 1.45. The first-order valence-corrected chi connectivity index (χ1v) is 10.6. The summed E-state index contributed by atoms with van der Waals surface area (Å²) in [6, 6.07) is 17.9. The predicted octanol–water partition coefficient (Wildman–Crippen LogP) is 5.58. The first-order chi connectivity index (χ1) is 14.9. The summed E-state index contributed by atoms with van der Waals surface area (Å²) in [5, 5.41) is 2.78. The molecule has 1 aliphatic rings. The highest BCUT2D eigenvalue weighted by Crippen LogP contribution is 2.33. The quantitative estimate of drug-likeness (QED) is 0.511. The van der Waals surface area contributed by atoms with Gasteiger partial charge in [-0.05, 0) is 60.6 Å². The van der Waals surface area contributed by atoms with Crippen molar-refractivity contribution in [3.63, 3.8) is 0 Å². The Morgan fingerprint density at radius 3 is 2.71 bits per heavy atom. The van der Waals surface area contributed by atoms with Crippen LogP contribution in [0.1, 0.15) is 11.3 Å². The molecule has 0 saturated carbocycles. The van der Waals surface area contributed by atoms with E-state index in [9.17, 15) is 14.4 Å². The Labute approximate surface area is 187 Å². The molecule has 1 N–H and O–H groups in total. The SMILES string of the molecule is Cc1cccc(NC(=O)CN2C(=O)S/C(=C/c3ccc(-c4cccc(Cl)c4)o3)C2=O)c1. The van der Waals surface area contributed by atoms with Crippen molar-refractivity contribution in [1.29, 1.82) is 0 Å². The number of halogens is 1. The highest BCUT2D eigenvalue weighted by atomic mass is 35.5. The average molecular weight is 453 g/mol. The molecular weight excluding hydrogens is 436 g/mol. The van der Waals surface area contributed by atoms with Gasteiger partial charge in [0.2, 0.25) is 5.91 Å². The summed E-state index contributed by atoms with van der Waals surface area (Å²) in [7, 11) is 0. The van der Waals surface area contributed by atoms with Gasteiger partial charge in [-0.2, -0.15) is 0 Å². The van der Waals surface area contributed by atoms with Crippen molar-refractivity contribution in [3.05, 3.63) is 81.9 Å². The smallest absolute Gasteiger partial charge is 0.294 e. The summed E-state index contributed by atoms with van der Waals surface area (Å²) in [6.45, 7) is 1.55. The fourth-order valence-corrected chi connectivity index (χ4v) is 4.07. The van der Waals surface area contributed by atoms with Crippen molar-refractivity contribution in [3.8, 4) is 11.3 Å². The predicted molar refractivity (Wildman–Crippen MR) is 122 cm³/mol. The Morgan fingerprint density at radius 2 is 1.94 bits per heavy atom. The van der Waals surface area contributed by atoms with E-state index < -0.39 is 17.1 Å². The van der Waals surface area contributed by atoms with Crippen LogP contribution in [0.2, 0.25) is 5.02 Å². The van der Waals surface area contributed by atoms with Crippen LogP contribution in [0.3, 0.4) is 0 Å². The molecule has 0 bridgehead atoms. The number of nitrogens with zero attached hydrogens (tertiary/aromatic N) is 1. The molecule has 2 aromatic carbocycles. The molecule has 0 aliphatic carbocycles. The van der Waals surface area contributed by atoms with Crippen LogP contribution in [-0.4, -0.2) is 28.5 Å². The van der Waals surface area contributed by atoms with Crippen molar-refractivity contribution in [1.82, 2.24) is 4.90 Å². The Kier molecular flexibility index (Phi) is 5.97. The molecule has 1 saturated heterocycles. The third-order valence-corrected chi connectivity index (χ3v) is 5.63. The average Bonchev–Trinajstić information content (AvgIpc) is 3.29. The van der Waals surface area contributed by atoms with Crippen molar-refractivity contribution >= 4 is 52.2 Å². The molecule has 3 aromatic rings. The molecule has 0 unspecified atom stereocenters. The molecule has 0 radical (unpaired) electrons. The molecular formula is C23H17ClN2O4S. The summed E-state index contributed by atoms with van der Waals surface area (Å²) < 4.78 is 5.77. The highest BCUT2D eigenvalue weighted by Gasteiger charge is 2.36. The molecule has 8 heteroatoms. The Bertz CT molecular complexity index is 1220. The van der Waals surface area contributed by atoms with Gasteiger partial charge in [0.05, 0.1) is 4.91 Å². The van der Waals surface area contributed by atoms with Crippen LogP contribution in [0.5, 0.6) is 0 Å². The second-order valence-electron chi connectivity index (χ2n) is 6.90. The summed E-state index contributed by atoms with van der Waals surface area (Å²) in [5.74, 6) is 0.0284. The van der Waals surface area contributed by atoms with Crippen LogP contribution >= 0.6 is 23.4 Å². The number of aryl methyl sites for hydroxylation is 1. The van der Waals surface area contributed by atoms with E-state index in [0.717, 1.165) is 27.8 Å². The monoisotopic (exact) mass is 452 g/mol. The maximum atomic E-state index is 12.7. The van der Waals surface area contributed by atoms with Crippen LogP contribution in [0.4, 0.5) is 10.5 Å². The molecule has 1 aromatic heterocycles. The number of amides is 3. The molecule has 31 heavy (non-hydrogen) atoms. The Hall–Kier alpha value is -3.29. The van der Waals surface area contributed by atoms with Gasteiger partial charge in [0.15, 0.2) is 0 Å². The minimum atomic E-state index is -0.532. The fraction of sp³-hybridized carbons (Fsp3) is 0.0870. The zero-order valence-corrected chi connectivity index (χ0v) is 18.0. The van der Waals surface area contributed by atoms with Gasteiger partial charge in [-0.15, -0.1) is 0 Å². The van der Waals surface area contributed by atoms with Crippen molar-refractivity contribution in [2.24, 2.45) is 0 Å². The minimum absolute atomic E-state index is 0.195. The van der Waals surface area contributed by atoms with E-state index in [4.69, 9.17) is 16.0 Å². The maximum absolute atomic E-state index is 12.7. The highest BCUT2D eigenvalue weighted by molar-refractivity contribution is 8.18. The lowest BCUT2D eigenvalue weighted by Gasteiger charge is -2.12. The van der Waals surface area contributed by atoms with Crippen LogP contribution in [0, 0.1) is 6.92 Å². The van der Waals surface area contributed by atoms with Gasteiger partial charge in [0.25, 0.3) is 11.1 Å². The summed E-state index contributed by atoms with van der Waals surface area (Å²) >= 11 is 6.79. The van der Waals surface area contributed by atoms with Crippen LogP contribution in [0.15, 0.2) is 70.0 Å². The third kappa shape index (κ3) is 4.90. The van der Waals surface area contributed by atoms with E-state index in [0.29, 0.717) is 22.2 Å². The lowest BCUT2D eigenvalue weighted by atomic mass is 10.2. The van der Waals surface area contributed by atoms with E-state index in [2.05, 4.69) is 5.32 Å². The van der Waals surface area contributed by atoms with E-state index in [1.807, 2.05) is 31.2 Å². The molecule has 2 heterocycles. The van der Waals surface area contributed by atoms with Crippen molar-refractivity contribution in [2.75, 3.05) is 11.9 Å². The number of benzene rings is 2. The number of hydrogen-bond acceptors (Lipinski definition) is 5. The lowest BCUT2D eigenvalue weighted by molar-refractivity contribution is -0.127. The van der Waals surface area contributed by atoms with Gasteiger partial charge in [0.1, 0.15) is 18.1 Å². The first-order valence-electron chi connectivity index (χ1n) is 9.37. The summed E-state index contributed by atoms with van der Waals surface area (Å²) in [5.41, 5.74) is 2.40. The lowest BCUT2D eigenvalue weighted by Crippen LogP contribution is -2.36. The van der Waals surface area contributed by atoms with E-state index in [-0.39, 0.29) is 11.4 Å². The van der Waals surface area contributed by atoms with Gasteiger partial charge in [0, 0.05) is 22.3 Å². The molecule has 0 atom stereocenters. The third-order valence-electron chi connectivity index (χ3n) is 4.49. The second-order valence-corrected chi connectivity index (χ2v) is 8.33. The number of anilines is 1. The van der Waals surface area contributed by atoms with Crippen LogP contribution in [-0.2, 0) is 9.59 Å². The summed E-state index contributed by atoms with van der Waals surface area (Å²) in [6.07, 6.45) is 1.50. The number of imide groups is 1.